The third-order valence-electron chi connectivity index (χ3n) is 3.09. The molecule has 0 fully saturated rings. The molecular weight excluding hydrogens is 292 g/mol. The summed E-state index contributed by atoms with van der Waals surface area (Å²) in [5.41, 5.74) is 1.000. The maximum absolute atomic E-state index is 12.1. The van der Waals surface area contributed by atoms with Crippen molar-refractivity contribution in [3.63, 3.8) is 0 Å². The summed E-state index contributed by atoms with van der Waals surface area (Å²) in [5.74, 6) is 0. The molecule has 1 unspecified atom stereocenters. The maximum atomic E-state index is 12.1. The number of nitrogens with one attached hydrogen (secondary N) is 1. The molecule has 108 valence electrons. The van der Waals surface area contributed by atoms with Crippen molar-refractivity contribution in [3.05, 3.63) is 32.2 Å². The first kappa shape index (κ1) is 14.9. The molecule has 0 aromatic carbocycles. The standard InChI is InChI=1S/C13H18N4OS2/c1-8-12(20-10(3)16-8)9(2)17(4)13(18)15-7-11-14-5-6-19-11/h5-6,9H,7H2,1-4H3,(H,15,18). The molecule has 2 amide bonds. The van der Waals surface area contributed by atoms with Crippen molar-refractivity contribution in [3.8, 4) is 0 Å². The van der Waals surface area contributed by atoms with Gasteiger partial charge >= 0.3 is 6.03 Å². The molecular formula is C13H18N4OS2. The molecule has 0 spiro atoms. The van der Waals surface area contributed by atoms with E-state index in [1.165, 1.54) is 11.3 Å². The van der Waals surface area contributed by atoms with Gasteiger partial charge in [-0.1, -0.05) is 0 Å². The van der Waals surface area contributed by atoms with Gasteiger partial charge in [-0.3, -0.25) is 0 Å². The van der Waals surface area contributed by atoms with Gasteiger partial charge in [0, 0.05) is 23.5 Å². The number of aryl methyl sites for hydroxylation is 2. The topological polar surface area (TPSA) is 58.1 Å². The lowest BCUT2D eigenvalue weighted by atomic mass is 10.2. The minimum atomic E-state index is -0.0989. The van der Waals surface area contributed by atoms with Gasteiger partial charge in [-0.25, -0.2) is 14.8 Å². The van der Waals surface area contributed by atoms with Crippen molar-refractivity contribution in [2.75, 3.05) is 7.05 Å². The van der Waals surface area contributed by atoms with Crippen LogP contribution in [0.5, 0.6) is 0 Å². The second-order valence-electron chi connectivity index (χ2n) is 4.55. The Morgan fingerprint density at radius 2 is 2.25 bits per heavy atom. The fourth-order valence-electron chi connectivity index (χ4n) is 1.90. The molecule has 0 aliphatic carbocycles. The van der Waals surface area contributed by atoms with E-state index in [0.29, 0.717) is 6.54 Å². The average Bonchev–Trinajstić information content (AvgIpc) is 3.03. The summed E-state index contributed by atoms with van der Waals surface area (Å²) in [5, 5.41) is 6.72. The lowest BCUT2D eigenvalue weighted by molar-refractivity contribution is 0.194. The highest BCUT2D eigenvalue weighted by molar-refractivity contribution is 7.11. The minimum Gasteiger partial charge on any atom is -0.331 e. The Morgan fingerprint density at radius 1 is 1.50 bits per heavy atom. The van der Waals surface area contributed by atoms with Crippen molar-refractivity contribution in [1.29, 1.82) is 0 Å². The second-order valence-corrected chi connectivity index (χ2v) is 6.77. The molecule has 0 saturated carbocycles. The van der Waals surface area contributed by atoms with Gasteiger partial charge in [0.2, 0.25) is 0 Å². The van der Waals surface area contributed by atoms with Gasteiger partial charge in [-0.2, -0.15) is 0 Å². The van der Waals surface area contributed by atoms with Gasteiger partial charge < -0.3 is 10.2 Å². The van der Waals surface area contributed by atoms with E-state index >= 15 is 0 Å². The number of carbonyl (C=O) groups is 1. The van der Waals surface area contributed by atoms with Crippen molar-refractivity contribution < 1.29 is 4.79 Å². The zero-order valence-electron chi connectivity index (χ0n) is 12.0. The Kier molecular flexibility index (Phi) is 4.72. The number of urea groups is 1. The van der Waals surface area contributed by atoms with Crippen LogP contribution >= 0.6 is 22.7 Å². The summed E-state index contributed by atoms with van der Waals surface area (Å²) in [4.78, 5) is 23.5. The van der Waals surface area contributed by atoms with Crippen molar-refractivity contribution in [2.24, 2.45) is 0 Å². The first-order chi connectivity index (χ1) is 9.49. The molecule has 5 nitrogen and oxygen atoms in total. The van der Waals surface area contributed by atoms with E-state index < -0.39 is 0 Å². The number of rotatable bonds is 4. The Bertz CT molecular complexity index is 579. The number of hydrogen-bond donors (Lipinski definition) is 1. The van der Waals surface area contributed by atoms with Gasteiger partial charge in [-0.15, -0.1) is 22.7 Å². The molecule has 0 aliphatic rings. The highest BCUT2D eigenvalue weighted by Crippen LogP contribution is 2.28. The Labute approximate surface area is 126 Å². The van der Waals surface area contributed by atoms with Gasteiger partial charge in [0.1, 0.15) is 5.01 Å². The quantitative estimate of drug-likeness (QED) is 0.944. The van der Waals surface area contributed by atoms with E-state index in [9.17, 15) is 4.79 Å². The third kappa shape index (κ3) is 3.34. The smallest absolute Gasteiger partial charge is 0.318 e. The van der Waals surface area contributed by atoms with Gasteiger partial charge in [0.25, 0.3) is 0 Å². The van der Waals surface area contributed by atoms with Crippen LogP contribution in [0.1, 0.15) is 33.6 Å². The van der Waals surface area contributed by atoms with Crippen LogP contribution in [0.3, 0.4) is 0 Å². The second kappa shape index (κ2) is 6.32. The zero-order valence-corrected chi connectivity index (χ0v) is 13.6. The van der Waals surface area contributed by atoms with E-state index in [0.717, 1.165) is 20.6 Å². The molecule has 2 aromatic heterocycles. The molecule has 0 radical (unpaired) electrons. The van der Waals surface area contributed by atoms with Crippen molar-refractivity contribution in [1.82, 2.24) is 20.2 Å². The molecule has 1 N–H and O–H groups in total. The van der Waals surface area contributed by atoms with E-state index in [-0.39, 0.29) is 12.1 Å². The van der Waals surface area contributed by atoms with Crippen LogP contribution in [-0.2, 0) is 6.54 Å². The average molecular weight is 310 g/mol. The molecule has 2 aromatic rings. The minimum absolute atomic E-state index is 0.0116. The fraction of sp³-hybridized carbons (Fsp3) is 0.462. The van der Waals surface area contributed by atoms with Crippen molar-refractivity contribution in [2.45, 2.75) is 33.4 Å². The number of amides is 2. The fourth-order valence-corrected chi connectivity index (χ4v) is 3.48. The van der Waals surface area contributed by atoms with Crippen LogP contribution in [0.15, 0.2) is 11.6 Å². The monoisotopic (exact) mass is 310 g/mol. The van der Waals surface area contributed by atoms with Gasteiger partial charge in [-0.05, 0) is 20.8 Å². The SMILES string of the molecule is Cc1nc(C)c(C(C)N(C)C(=O)NCc2nccs2)s1. The Balaban J connectivity index is 1.97. The molecule has 2 rings (SSSR count). The van der Waals surface area contributed by atoms with E-state index in [1.54, 1.807) is 29.5 Å². The Hall–Kier alpha value is -1.47. The Morgan fingerprint density at radius 3 is 2.80 bits per heavy atom. The summed E-state index contributed by atoms with van der Waals surface area (Å²) < 4.78 is 0. The molecule has 20 heavy (non-hydrogen) atoms. The molecule has 1 atom stereocenters. The van der Waals surface area contributed by atoms with Crippen molar-refractivity contribution >= 4 is 28.7 Å². The molecule has 0 aliphatic heterocycles. The maximum Gasteiger partial charge on any atom is 0.318 e. The van der Waals surface area contributed by atoms with Crippen LogP contribution in [0, 0.1) is 13.8 Å². The number of aromatic nitrogens is 2. The molecule has 2 heterocycles. The summed E-state index contributed by atoms with van der Waals surface area (Å²) in [6, 6.07) is -0.0874. The highest BCUT2D eigenvalue weighted by atomic mass is 32.1. The number of nitrogens with zero attached hydrogens (tertiary/aromatic N) is 3. The lowest BCUT2D eigenvalue weighted by Crippen LogP contribution is -2.38. The van der Waals surface area contributed by atoms with E-state index in [2.05, 4.69) is 15.3 Å². The van der Waals surface area contributed by atoms with Gasteiger partial charge in [0.05, 0.1) is 23.3 Å². The number of hydrogen-bond acceptors (Lipinski definition) is 5. The normalized spacial score (nSPS) is 12.2. The molecule has 7 heteroatoms. The predicted molar refractivity (Wildman–Crippen MR) is 82.1 cm³/mol. The van der Waals surface area contributed by atoms with Crippen LogP contribution in [0.4, 0.5) is 4.79 Å². The molecule has 0 bridgehead atoms. The van der Waals surface area contributed by atoms with Crippen LogP contribution in [0.25, 0.3) is 0 Å². The first-order valence-electron chi connectivity index (χ1n) is 6.32. The lowest BCUT2D eigenvalue weighted by Gasteiger charge is -2.24. The summed E-state index contributed by atoms with van der Waals surface area (Å²) >= 11 is 3.18. The van der Waals surface area contributed by atoms with Crippen LogP contribution in [-0.4, -0.2) is 27.9 Å². The molecule has 0 saturated heterocycles. The zero-order chi connectivity index (χ0) is 14.7. The summed E-state index contributed by atoms with van der Waals surface area (Å²) in [6.07, 6.45) is 1.74. The summed E-state index contributed by atoms with van der Waals surface area (Å²) in [7, 11) is 1.80. The van der Waals surface area contributed by atoms with E-state index in [1.807, 2.05) is 26.2 Å². The van der Waals surface area contributed by atoms with Gasteiger partial charge in [0.15, 0.2) is 0 Å². The summed E-state index contributed by atoms with van der Waals surface area (Å²) in [6.45, 7) is 6.45. The first-order valence-corrected chi connectivity index (χ1v) is 8.01. The number of thiazole rings is 2. The largest absolute Gasteiger partial charge is 0.331 e. The highest BCUT2D eigenvalue weighted by Gasteiger charge is 2.21. The van der Waals surface area contributed by atoms with Crippen LogP contribution in [0.2, 0.25) is 0 Å². The van der Waals surface area contributed by atoms with Crippen LogP contribution < -0.4 is 5.32 Å². The number of carbonyl (C=O) groups excluding carboxylic acids is 1. The van der Waals surface area contributed by atoms with E-state index in [4.69, 9.17) is 0 Å². The predicted octanol–water partition coefficient (Wildman–Crippen LogP) is 3.12. The third-order valence-corrected chi connectivity index (χ3v) is 5.12.